The highest BCUT2D eigenvalue weighted by Crippen LogP contribution is 2.68. The van der Waals surface area contributed by atoms with Crippen molar-refractivity contribution in [3.05, 3.63) is 0 Å². The van der Waals surface area contributed by atoms with Gasteiger partial charge in [-0.2, -0.15) is 0 Å². The minimum Gasteiger partial charge on any atom is -0.480 e. The van der Waals surface area contributed by atoms with Gasteiger partial charge in [0.15, 0.2) is 0 Å². The third kappa shape index (κ3) is 11.6. The van der Waals surface area contributed by atoms with Crippen LogP contribution in [-0.4, -0.2) is 165 Å². The largest absolute Gasteiger partial charge is 0.480 e. The molecule has 0 aromatic heterocycles. The number of aliphatic carboxylic acids is 4. The first-order chi connectivity index (χ1) is 26.8. The molecule has 0 aromatic rings. The summed E-state index contributed by atoms with van der Waals surface area (Å²) >= 11 is 0. The molecule has 4 aliphatic carbocycles. The molecular weight excluding hydrogens is 742 g/mol. The molecule has 2 amide bonds. The van der Waals surface area contributed by atoms with Crippen LogP contribution in [0.5, 0.6) is 0 Å². The Morgan fingerprint density at radius 2 is 1.25 bits per heavy atom. The van der Waals surface area contributed by atoms with Gasteiger partial charge in [-0.05, 0) is 91.3 Å². The third-order valence-electron chi connectivity index (χ3n) is 14.4. The summed E-state index contributed by atoms with van der Waals surface area (Å²) < 4.78 is 0. The van der Waals surface area contributed by atoms with Gasteiger partial charge in [0, 0.05) is 32.2 Å². The van der Waals surface area contributed by atoms with Crippen molar-refractivity contribution in [3.63, 3.8) is 0 Å². The molecule has 0 aliphatic heterocycles. The van der Waals surface area contributed by atoms with Crippen LogP contribution in [0.1, 0.15) is 85.5 Å². The molecule has 4 saturated carbocycles. The number of amides is 2. The van der Waals surface area contributed by atoms with Crippen LogP contribution in [0.4, 0.5) is 0 Å². The van der Waals surface area contributed by atoms with E-state index in [2.05, 4.69) is 38.3 Å². The second-order valence-corrected chi connectivity index (χ2v) is 18.0. The average molecular weight is 810 g/mol. The predicted molar refractivity (Wildman–Crippen MR) is 207 cm³/mol. The summed E-state index contributed by atoms with van der Waals surface area (Å²) in [7, 11) is 0. The first-order valence-corrected chi connectivity index (χ1v) is 20.7. The van der Waals surface area contributed by atoms with Crippen molar-refractivity contribution in [2.24, 2.45) is 46.3 Å². The number of aliphatic hydroxyl groups is 2. The van der Waals surface area contributed by atoms with E-state index in [1.54, 1.807) is 0 Å². The summed E-state index contributed by atoms with van der Waals surface area (Å²) in [6.07, 6.45) is 7.11. The maximum absolute atomic E-state index is 13.2. The fourth-order valence-electron chi connectivity index (χ4n) is 11.7. The van der Waals surface area contributed by atoms with E-state index in [1.165, 1.54) is 4.90 Å². The van der Waals surface area contributed by atoms with Crippen molar-refractivity contribution in [3.8, 4) is 0 Å². The molecule has 0 heterocycles. The Morgan fingerprint density at radius 1 is 0.702 bits per heavy atom. The summed E-state index contributed by atoms with van der Waals surface area (Å²) in [6.45, 7) is 6.09. The first-order valence-electron chi connectivity index (χ1n) is 20.7. The van der Waals surface area contributed by atoms with Gasteiger partial charge < -0.3 is 41.3 Å². The SMILES string of the molecule is CCC[C@@H](C)[C@H]1CC[C@H]2[C@@H]3[C@H](O)C[C@@H]4C[C@@H](NC(=O)CNC(=O)CN(CCN(CC(=O)O)CC(=O)O)CCN(CC(=O)O)CC(=O)O)CC[C@]4(C)[C@H]3C[C@H](O)[C@]12C. The Balaban J connectivity index is 1.33. The highest BCUT2D eigenvalue weighted by atomic mass is 16.4. The molecule has 4 aliphatic rings. The van der Waals surface area contributed by atoms with Gasteiger partial charge in [-0.3, -0.25) is 43.5 Å². The minimum absolute atomic E-state index is 0.000330. The Morgan fingerprint density at radius 3 is 1.77 bits per heavy atom. The number of carboxylic acid groups (broad SMARTS) is 4. The maximum atomic E-state index is 13.2. The van der Waals surface area contributed by atoms with Crippen molar-refractivity contribution in [2.45, 2.75) is 104 Å². The number of nitrogens with one attached hydrogen (secondary N) is 2. The Bertz CT molecular complexity index is 1380. The van der Waals surface area contributed by atoms with Gasteiger partial charge in [-0.1, -0.05) is 40.5 Å². The lowest BCUT2D eigenvalue weighted by molar-refractivity contribution is -0.202. The number of carbonyl (C=O) groups is 6. The topological polar surface area (TPSA) is 258 Å². The monoisotopic (exact) mass is 809 g/mol. The highest BCUT2D eigenvalue weighted by Gasteiger charge is 2.65. The molecule has 57 heavy (non-hydrogen) atoms. The van der Waals surface area contributed by atoms with Crippen molar-refractivity contribution in [1.29, 1.82) is 0 Å². The first kappa shape index (κ1) is 46.3. The summed E-state index contributed by atoms with van der Waals surface area (Å²) in [6, 6.07) is -0.152. The van der Waals surface area contributed by atoms with Gasteiger partial charge >= 0.3 is 23.9 Å². The minimum atomic E-state index is -1.25. The summed E-state index contributed by atoms with van der Waals surface area (Å²) in [4.78, 5) is 75.3. The number of rotatable bonds is 22. The normalized spacial score (nSPS) is 32.6. The van der Waals surface area contributed by atoms with E-state index >= 15 is 0 Å². The van der Waals surface area contributed by atoms with Gasteiger partial charge in [-0.15, -0.1) is 0 Å². The van der Waals surface area contributed by atoms with Gasteiger partial charge in [-0.25, -0.2) is 0 Å². The van der Waals surface area contributed by atoms with Crippen LogP contribution < -0.4 is 10.6 Å². The highest BCUT2D eigenvalue weighted by molar-refractivity contribution is 5.85. The molecule has 17 nitrogen and oxygen atoms in total. The molecular formula is C40H67N5O12. The molecule has 17 heteroatoms. The standard InChI is InChI=1S/C40H67N5O12/c1-5-6-24(2)27-7-8-28-38-29(17-31(47)40(27,28)4)39(3)10-9-26(15-25(39)16-30(38)46)42-32(48)18-41-33(49)19-43(11-13-44(20-34(50)51)21-35(52)53)12-14-45(22-36(54)55)23-37(56)57/h24-31,38,46-47H,5-23H2,1-4H3,(H,41,49)(H,42,48)(H,50,51)(H,52,53)(H,54,55)(H,56,57)/t24-,25+,26+,27-,28+,29+,30-,31+,38+,39+,40-/m1/s1. The Kier molecular flexibility index (Phi) is 16.3. The van der Waals surface area contributed by atoms with Crippen LogP contribution in [0.2, 0.25) is 0 Å². The quantitative estimate of drug-likeness (QED) is 0.0755. The van der Waals surface area contributed by atoms with E-state index in [0.29, 0.717) is 31.1 Å². The van der Waals surface area contributed by atoms with Crippen molar-refractivity contribution in [1.82, 2.24) is 25.3 Å². The number of carboxylic acids is 4. The van der Waals surface area contributed by atoms with Crippen LogP contribution in [0.3, 0.4) is 0 Å². The summed E-state index contributed by atoms with van der Waals surface area (Å²) in [5.74, 6) is -4.18. The van der Waals surface area contributed by atoms with Crippen LogP contribution >= 0.6 is 0 Å². The molecule has 0 radical (unpaired) electrons. The van der Waals surface area contributed by atoms with E-state index in [4.69, 9.17) is 0 Å². The second-order valence-electron chi connectivity index (χ2n) is 18.0. The number of carbonyl (C=O) groups excluding carboxylic acids is 2. The third-order valence-corrected chi connectivity index (χ3v) is 14.4. The number of hydrogen-bond acceptors (Lipinski definition) is 11. The fourth-order valence-corrected chi connectivity index (χ4v) is 11.7. The van der Waals surface area contributed by atoms with Crippen molar-refractivity contribution in [2.75, 3.05) is 65.4 Å². The van der Waals surface area contributed by atoms with E-state index < -0.39 is 68.2 Å². The Labute approximate surface area is 335 Å². The summed E-state index contributed by atoms with van der Waals surface area (Å²) in [5, 5.41) is 66.2. The van der Waals surface area contributed by atoms with Crippen LogP contribution in [0.15, 0.2) is 0 Å². The van der Waals surface area contributed by atoms with Gasteiger partial charge in [0.1, 0.15) is 0 Å². The molecule has 0 saturated heterocycles. The average Bonchev–Trinajstić information content (AvgIpc) is 3.47. The zero-order valence-electron chi connectivity index (χ0n) is 34.1. The van der Waals surface area contributed by atoms with E-state index in [0.717, 1.165) is 48.3 Å². The molecule has 0 aromatic carbocycles. The molecule has 324 valence electrons. The Hall–Kier alpha value is -3.38. The lowest BCUT2D eigenvalue weighted by atomic mass is 9.43. The van der Waals surface area contributed by atoms with Gasteiger partial charge in [0.2, 0.25) is 11.8 Å². The van der Waals surface area contributed by atoms with E-state index in [-0.39, 0.29) is 85.7 Å². The van der Waals surface area contributed by atoms with Gasteiger partial charge in [0.25, 0.3) is 0 Å². The van der Waals surface area contributed by atoms with E-state index in [1.807, 2.05) is 0 Å². The lowest BCUT2D eigenvalue weighted by Crippen LogP contribution is -2.63. The molecule has 0 spiro atoms. The molecule has 11 atom stereocenters. The molecule has 4 rings (SSSR count). The van der Waals surface area contributed by atoms with Crippen molar-refractivity contribution < 1.29 is 59.4 Å². The zero-order valence-corrected chi connectivity index (χ0v) is 34.1. The van der Waals surface area contributed by atoms with E-state index in [9.17, 15) is 59.4 Å². The van der Waals surface area contributed by atoms with Crippen LogP contribution in [0.25, 0.3) is 0 Å². The van der Waals surface area contributed by atoms with Crippen LogP contribution in [0, 0.1) is 46.3 Å². The molecule has 4 fully saturated rings. The number of fused-ring (bicyclic) bond motifs is 5. The number of hydrogen-bond donors (Lipinski definition) is 8. The number of nitrogens with zero attached hydrogens (tertiary/aromatic N) is 3. The van der Waals surface area contributed by atoms with Crippen LogP contribution in [-0.2, 0) is 28.8 Å². The second kappa shape index (κ2) is 20.1. The molecule has 8 N–H and O–H groups in total. The number of aliphatic hydroxyl groups excluding tert-OH is 2. The smallest absolute Gasteiger partial charge is 0.317 e. The molecule has 0 bridgehead atoms. The molecule has 0 unspecified atom stereocenters. The van der Waals surface area contributed by atoms with Gasteiger partial charge in [0.05, 0.1) is 51.5 Å². The lowest BCUT2D eigenvalue weighted by Gasteiger charge is -2.63. The fraction of sp³-hybridized carbons (Fsp3) is 0.850. The summed E-state index contributed by atoms with van der Waals surface area (Å²) in [5.41, 5.74) is -0.276. The predicted octanol–water partition coefficient (Wildman–Crippen LogP) is 0.869. The van der Waals surface area contributed by atoms with Crippen molar-refractivity contribution >= 4 is 35.7 Å². The zero-order chi connectivity index (χ0) is 42.2. The maximum Gasteiger partial charge on any atom is 0.317 e.